The van der Waals surface area contributed by atoms with Crippen molar-refractivity contribution >= 4 is 22.9 Å². The van der Waals surface area contributed by atoms with E-state index in [0.717, 1.165) is 0 Å². The summed E-state index contributed by atoms with van der Waals surface area (Å²) in [6.07, 6.45) is 0. The van der Waals surface area contributed by atoms with Gasteiger partial charge in [0.05, 0.1) is 12.2 Å². The lowest BCUT2D eigenvalue weighted by molar-refractivity contribution is 0.0996. The Bertz CT molecular complexity index is 371. The van der Waals surface area contributed by atoms with Crippen molar-refractivity contribution in [3.8, 4) is 0 Å². The predicted octanol–water partition coefficient (Wildman–Crippen LogP) is 2.31. The maximum absolute atomic E-state index is 12.5. The monoisotopic (exact) mass is 247 g/mol. The highest BCUT2D eigenvalue weighted by molar-refractivity contribution is 6.61. The van der Waals surface area contributed by atoms with Crippen LogP contribution < -0.4 is 5.73 Å². The minimum Gasteiger partial charge on any atom is -0.454 e. The van der Waals surface area contributed by atoms with Gasteiger partial charge >= 0.3 is 5.43 Å². The van der Waals surface area contributed by atoms with E-state index in [9.17, 15) is 14.0 Å². The van der Waals surface area contributed by atoms with Gasteiger partial charge in [0.25, 0.3) is 5.91 Å². The second-order valence-corrected chi connectivity index (χ2v) is 2.82. The molecule has 0 atom stereocenters. The molecule has 0 aromatic heterocycles. The molecule has 0 saturated heterocycles. The van der Waals surface area contributed by atoms with Gasteiger partial charge < -0.3 is 10.5 Å². The third kappa shape index (κ3) is 5.98. The summed E-state index contributed by atoms with van der Waals surface area (Å²) < 4.78 is 16.7. The Morgan fingerprint density at radius 1 is 1.44 bits per heavy atom. The van der Waals surface area contributed by atoms with Crippen LogP contribution in [0.2, 0.25) is 0 Å². The van der Waals surface area contributed by atoms with Crippen LogP contribution in [0.3, 0.4) is 0 Å². The zero-order valence-corrected chi connectivity index (χ0v) is 9.33. The SMILES string of the molecule is CCOC(=O)Cl.NC(=O)c1ccccc1F. The molecule has 0 radical (unpaired) electrons. The van der Waals surface area contributed by atoms with Crippen molar-refractivity contribution in [2.24, 2.45) is 5.73 Å². The fourth-order valence-electron chi connectivity index (χ4n) is 0.775. The van der Waals surface area contributed by atoms with Crippen LogP contribution in [-0.4, -0.2) is 17.9 Å². The molecule has 16 heavy (non-hydrogen) atoms. The highest BCUT2D eigenvalue weighted by Gasteiger charge is 2.04. The van der Waals surface area contributed by atoms with Crippen LogP contribution in [0, 0.1) is 5.82 Å². The summed E-state index contributed by atoms with van der Waals surface area (Å²) in [5.74, 6) is -1.31. The molecule has 4 nitrogen and oxygen atoms in total. The number of halogens is 2. The largest absolute Gasteiger partial charge is 0.454 e. The number of amides is 1. The molecule has 0 saturated carbocycles. The number of hydrogen-bond donors (Lipinski definition) is 1. The van der Waals surface area contributed by atoms with Gasteiger partial charge in [0, 0.05) is 11.6 Å². The molecule has 0 aliphatic heterocycles. The number of ether oxygens (including phenoxy) is 1. The normalized spacial score (nSPS) is 8.69. The van der Waals surface area contributed by atoms with Gasteiger partial charge in [0.2, 0.25) is 0 Å². The quantitative estimate of drug-likeness (QED) is 0.816. The lowest BCUT2D eigenvalue weighted by Gasteiger charge is -1.94. The first kappa shape index (κ1) is 14.4. The summed E-state index contributed by atoms with van der Waals surface area (Å²) in [4.78, 5) is 20.0. The molecule has 6 heteroatoms. The summed E-state index contributed by atoms with van der Waals surface area (Å²) >= 11 is 4.72. The molecule has 2 N–H and O–H groups in total. The Labute approximate surface area is 97.1 Å². The zero-order chi connectivity index (χ0) is 12.6. The maximum Gasteiger partial charge on any atom is 0.403 e. The van der Waals surface area contributed by atoms with Gasteiger partial charge in [-0.05, 0) is 19.1 Å². The highest BCUT2D eigenvalue weighted by Crippen LogP contribution is 2.03. The van der Waals surface area contributed by atoms with Gasteiger partial charge in [0.15, 0.2) is 0 Å². The van der Waals surface area contributed by atoms with E-state index >= 15 is 0 Å². The van der Waals surface area contributed by atoms with E-state index in [2.05, 4.69) is 4.74 Å². The number of rotatable bonds is 2. The average Bonchev–Trinajstić information content (AvgIpc) is 2.18. The van der Waals surface area contributed by atoms with Crippen molar-refractivity contribution in [3.63, 3.8) is 0 Å². The summed E-state index contributed by atoms with van der Waals surface area (Å²) in [6.45, 7) is 2.04. The van der Waals surface area contributed by atoms with Crippen LogP contribution in [0.15, 0.2) is 24.3 Å². The summed E-state index contributed by atoms with van der Waals surface area (Å²) in [5.41, 5.74) is 4.03. The fraction of sp³-hybridized carbons (Fsp3) is 0.200. The predicted molar refractivity (Wildman–Crippen MR) is 57.8 cm³/mol. The number of hydrogen-bond acceptors (Lipinski definition) is 3. The van der Waals surface area contributed by atoms with Crippen LogP contribution in [0.25, 0.3) is 0 Å². The molecule has 1 rings (SSSR count). The van der Waals surface area contributed by atoms with Gasteiger partial charge in [-0.1, -0.05) is 12.1 Å². The second kappa shape index (κ2) is 7.64. The Kier molecular flexibility index (Phi) is 6.87. The lowest BCUT2D eigenvalue weighted by Crippen LogP contribution is -2.12. The third-order valence-electron chi connectivity index (χ3n) is 1.40. The van der Waals surface area contributed by atoms with Gasteiger partial charge in [-0.2, -0.15) is 0 Å². The van der Waals surface area contributed by atoms with Crippen molar-refractivity contribution in [1.82, 2.24) is 0 Å². The lowest BCUT2D eigenvalue weighted by atomic mass is 10.2. The molecule has 0 bridgehead atoms. The standard InChI is InChI=1S/C7H6FNO.C3H5ClO2/c8-6-4-2-1-3-5(6)7(9)10;1-2-6-3(4)5/h1-4H,(H2,9,10);2H2,1H3. The van der Waals surface area contributed by atoms with Crippen LogP contribution in [0.5, 0.6) is 0 Å². The fourth-order valence-corrected chi connectivity index (χ4v) is 0.884. The molecule has 0 heterocycles. The summed E-state index contributed by atoms with van der Waals surface area (Å²) in [7, 11) is 0. The molecule has 0 fully saturated rings. The van der Waals surface area contributed by atoms with Crippen molar-refractivity contribution in [3.05, 3.63) is 35.6 Å². The number of nitrogens with two attached hydrogens (primary N) is 1. The molecule has 1 amide bonds. The van der Waals surface area contributed by atoms with Crippen molar-refractivity contribution in [1.29, 1.82) is 0 Å². The van der Waals surface area contributed by atoms with Crippen molar-refractivity contribution in [2.75, 3.05) is 6.61 Å². The molecule has 88 valence electrons. The van der Waals surface area contributed by atoms with E-state index in [0.29, 0.717) is 6.61 Å². The minimum atomic E-state index is -0.738. The molecule has 0 unspecified atom stereocenters. The zero-order valence-electron chi connectivity index (χ0n) is 8.57. The number of carbonyl (C=O) groups is 2. The summed E-state index contributed by atoms with van der Waals surface area (Å²) in [5, 5.41) is 0. The Balaban J connectivity index is 0.000000325. The van der Waals surface area contributed by atoms with Crippen LogP contribution in [-0.2, 0) is 4.74 Å². The van der Waals surface area contributed by atoms with Crippen molar-refractivity contribution < 1.29 is 18.7 Å². The Morgan fingerprint density at radius 3 is 2.25 bits per heavy atom. The van der Waals surface area contributed by atoms with Crippen molar-refractivity contribution in [2.45, 2.75) is 6.92 Å². The molecular formula is C10H11ClFNO3. The van der Waals surface area contributed by atoms with E-state index in [4.69, 9.17) is 17.3 Å². The van der Waals surface area contributed by atoms with E-state index in [-0.39, 0.29) is 5.56 Å². The first-order valence-electron chi connectivity index (χ1n) is 4.35. The number of primary amides is 1. The molecule has 1 aromatic carbocycles. The Hall–Kier alpha value is -1.62. The van der Waals surface area contributed by atoms with Crippen LogP contribution in [0.4, 0.5) is 9.18 Å². The average molecular weight is 248 g/mol. The topological polar surface area (TPSA) is 69.4 Å². The van der Waals surface area contributed by atoms with Gasteiger partial charge in [-0.15, -0.1) is 0 Å². The molecule has 0 aliphatic rings. The maximum atomic E-state index is 12.5. The van der Waals surface area contributed by atoms with Gasteiger partial charge in [-0.25, -0.2) is 9.18 Å². The van der Waals surface area contributed by atoms with E-state index in [1.165, 1.54) is 18.2 Å². The molecule has 0 aliphatic carbocycles. The van der Waals surface area contributed by atoms with Crippen LogP contribution in [0.1, 0.15) is 17.3 Å². The molecular weight excluding hydrogens is 237 g/mol. The first-order chi connectivity index (χ1) is 7.49. The smallest absolute Gasteiger partial charge is 0.403 e. The van der Waals surface area contributed by atoms with E-state index in [1.54, 1.807) is 13.0 Å². The number of carbonyl (C=O) groups excluding carboxylic acids is 2. The highest BCUT2D eigenvalue weighted by atomic mass is 35.5. The second-order valence-electron chi connectivity index (χ2n) is 2.51. The van der Waals surface area contributed by atoms with E-state index in [1.807, 2.05) is 0 Å². The molecule has 1 aromatic rings. The van der Waals surface area contributed by atoms with Crippen LogP contribution >= 0.6 is 11.6 Å². The molecule has 0 spiro atoms. The Morgan fingerprint density at radius 2 is 2.00 bits per heavy atom. The third-order valence-corrected chi connectivity index (χ3v) is 1.51. The van der Waals surface area contributed by atoms with Gasteiger partial charge in [0.1, 0.15) is 5.82 Å². The minimum absolute atomic E-state index is 0.0671. The summed E-state index contributed by atoms with van der Waals surface area (Å²) in [6, 6.07) is 5.60. The number of benzene rings is 1. The first-order valence-corrected chi connectivity index (χ1v) is 4.73. The van der Waals surface area contributed by atoms with Gasteiger partial charge in [-0.3, -0.25) is 4.79 Å². The van der Waals surface area contributed by atoms with E-state index < -0.39 is 17.2 Å².